The highest BCUT2D eigenvalue weighted by Gasteiger charge is 2.27. The molecule has 0 aliphatic carbocycles. The maximum atomic E-state index is 12.6. The van der Waals surface area contributed by atoms with E-state index in [1.165, 1.54) is 6.26 Å². The van der Waals surface area contributed by atoms with E-state index in [4.69, 9.17) is 8.83 Å². The normalized spacial score (nSPS) is 11.7. The predicted octanol–water partition coefficient (Wildman–Crippen LogP) is 3.08. The summed E-state index contributed by atoms with van der Waals surface area (Å²) < 4.78 is 35.4. The summed E-state index contributed by atoms with van der Waals surface area (Å²) >= 11 is 0. The van der Waals surface area contributed by atoms with Gasteiger partial charge in [-0.15, -0.1) is 0 Å². The fourth-order valence-electron chi connectivity index (χ4n) is 1.83. The minimum Gasteiger partial charge on any atom is -0.461 e. The molecule has 0 N–H and O–H groups in total. The van der Waals surface area contributed by atoms with Crippen LogP contribution in [0.2, 0.25) is 0 Å². The van der Waals surface area contributed by atoms with Crippen LogP contribution >= 0.6 is 0 Å². The van der Waals surface area contributed by atoms with E-state index in [9.17, 15) is 8.42 Å². The van der Waals surface area contributed by atoms with Crippen LogP contribution in [0, 0.1) is 6.92 Å². The Kier molecular flexibility index (Phi) is 2.94. The van der Waals surface area contributed by atoms with Crippen LogP contribution in [0.4, 0.5) is 0 Å². The maximum absolute atomic E-state index is 12.6. The topological polar surface area (TPSA) is 73.3 Å². The molecule has 0 amide bonds. The summed E-state index contributed by atoms with van der Waals surface area (Å²) in [4.78, 5) is 4.00. The Hall–Kier alpha value is -2.34. The quantitative estimate of drug-likeness (QED) is 0.740. The summed E-state index contributed by atoms with van der Waals surface area (Å²) in [5.74, 6) is 0.434. The number of furan rings is 1. The third-order valence-corrected chi connectivity index (χ3v) is 4.56. The highest BCUT2D eigenvalue weighted by Crippen LogP contribution is 2.30. The van der Waals surface area contributed by atoms with Gasteiger partial charge < -0.3 is 8.83 Å². The molecule has 0 aliphatic rings. The average molecular weight is 289 g/mol. The van der Waals surface area contributed by atoms with E-state index in [-0.39, 0.29) is 15.7 Å². The lowest BCUT2D eigenvalue weighted by Crippen LogP contribution is -2.03. The van der Waals surface area contributed by atoms with Crippen LogP contribution in [-0.4, -0.2) is 13.4 Å². The molecule has 2 heterocycles. The Morgan fingerprint density at radius 2 is 1.80 bits per heavy atom. The Balaban J connectivity index is 2.14. The van der Waals surface area contributed by atoms with E-state index in [0.717, 1.165) is 12.0 Å². The zero-order chi connectivity index (χ0) is 14.2. The van der Waals surface area contributed by atoms with Crippen molar-refractivity contribution in [2.75, 3.05) is 0 Å². The third-order valence-electron chi connectivity index (χ3n) is 2.87. The number of oxazole rings is 1. The summed E-state index contributed by atoms with van der Waals surface area (Å²) in [6, 6.07) is 9.84. The molecule has 0 bridgehead atoms. The van der Waals surface area contributed by atoms with E-state index in [1.807, 2.05) is 6.92 Å². The lowest BCUT2D eigenvalue weighted by Gasteiger charge is -2.03. The summed E-state index contributed by atoms with van der Waals surface area (Å²) in [6.45, 7) is 1.89. The minimum atomic E-state index is -3.73. The van der Waals surface area contributed by atoms with Gasteiger partial charge in [-0.2, -0.15) is 0 Å². The second-order valence-corrected chi connectivity index (χ2v) is 6.15. The predicted molar refractivity (Wildman–Crippen MR) is 70.8 cm³/mol. The van der Waals surface area contributed by atoms with Crippen LogP contribution in [0.5, 0.6) is 0 Å². The van der Waals surface area contributed by atoms with Crippen molar-refractivity contribution in [1.82, 2.24) is 4.98 Å². The van der Waals surface area contributed by atoms with Gasteiger partial charge in [0.15, 0.2) is 12.2 Å². The fraction of sp³-hybridized carbons (Fsp3) is 0.0714. The first kappa shape index (κ1) is 12.7. The Morgan fingerprint density at radius 3 is 2.45 bits per heavy atom. The van der Waals surface area contributed by atoms with Gasteiger partial charge in [0.1, 0.15) is 0 Å². The number of aryl methyl sites for hydroxylation is 1. The number of sulfone groups is 1. The second kappa shape index (κ2) is 4.64. The SMILES string of the molecule is Cc1ccc(S(=O)(=O)c2ncoc2-c2ccco2)cc1. The van der Waals surface area contributed by atoms with Crippen molar-refractivity contribution in [3.8, 4) is 11.5 Å². The number of rotatable bonds is 3. The minimum absolute atomic E-state index is 0.107. The van der Waals surface area contributed by atoms with Crippen LogP contribution in [0.1, 0.15) is 5.56 Å². The zero-order valence-electron chi connectivity index (χ0n) is 10.6. The summed E-state index contributed by atoms with van der Waals surface area (Å²) in [5, 5.41) is -0.142. The molecule has 5 nitrogen and oxygen atoms in total. The van der Waals surface area contributed by atoms with Crippen molar-refractivity contribution in [3.05, 3.63) is 54.6 Å². The molecular weight excluding hydrogens is 278 g/mol. The molecule has 0 saturated carbocycles. The number of benzene rings is 1. The van der Waals surface area contributed by atoms with E-state index >= 15 is 0 Å². The van der Waals surface area contributed by atoms with Gasteiger partial charge >= 0.3 is 0 Å². The fourth-order valence-corrected chi connectivity index (χ4v) is 3.12. The van der Waals surface area contributed by atoms with Gasteiger partial charge in [-0.05, 0) is 31.2 Å². The van der Waals surface area contributed by atoms with Gasteiger partial charge in [0.2, 0.25) is 20.6 Å². The molecule has 3 rings (SSSR count). The summed E-state index contributed by atoms with van der Waals surface area (Å²) in [5.41, 5.74) is 0.982. The first-order chi connectivity index (χ1) is 9.59. The van der Waals surface area contributed by atoms with E-state index in [2.05, 4.69) is 4.98 Å². The molecule has 0 aliphatic heterocycles. The first-order valence-electron chi connectivity index (χ1n) is 5.88. The number of nitrogens with zero attached hydrogens (tertiary/aromatic N) is 1. The molecule has 3 aromatic rings. The molecule has 0 spiro atoms. The summed E-state index contributed by atoms with van der Waals surface area (Å²) in [7, 11) is -3.73. The first-order valence-corrected chi connectivity index (χ1v) is 7.36. The molecule has 2 aromatic heterocycles. The molecule has 6 heteroatoms. The van der Waals surface area contributed by atoms with Crippen molar-refractivity contribution >= 4 is 9.84 Å². The van der Waals surface area contributed by atoms with Crippen LogP contribution in [-0.2, 0) is 9.84 Å². The molecule has 0 saturated heterocycles. The number of hydrogen-bond donors (Lipinski definition) is 0. The van der Waals surface area contributed by atoms with E-state index in [0.29, 0.717) is 5.76 Å². The Labute approximate surface area is 115 Å². The van der Waals surface area contributed by atoms with Gasteiger partial charge in [-0.3, -0.25) is 0 Å². The highest BCUT2D eigenvalue weighted by molar-refractivity contribution is 7.91. The van der Waals surface area contributed by atoms with E-state index in [1.54, 1.807) is 36.4 Å². The van der Waals surface area contributed by atoms with Crippen LogP contribution in [0.15, 0.2) is 67.8 Å². The van der Waals surface area contributed by atoms with Gasteiger partial charge in [0.25, 0.3) is 0 Å². The molecular formula is C14H11NO4S. The van der Waals surface area contributed by atoms with Crippen LogP contribution in [0.3, 0.4) is 0 Å². The Bertz CT molecular complexity index is 814. The van der Waals surface area contributed by atoms with Crippen molar-refractivity contribution in [2.24, 2.45) is 0 Å². The lowest BCUT2D eigenvalue weighted by atomic mass is 10.2. The average Bonchev–Trinajstić information content (AvgIpc) is 3.10. The van der Waals surface area contributed by atoms with Crippen molar-refractivity contribution in [2.45, 2.75) is 16.8 Å². The van der Waals surface area contributed by atoms with Gasteiger partial charge in [-0.1, -0.05) is 17.7 Å². The van der Waals surface area contributed by atoms with Crippen molar-refractivity contribution in [3.63, 3.8) is 0 Å². The van der Waals surface area contributed by atoms with Crippen LogP contribution in [0.25, 0.3) is 11.5 Å². The molecule has 0 atom stereocenters. The largest absolute Gasteiger partial charge is 0.461 e. The summed E-state index contributed by atoms with van der Waals surface area (Å²) in [6.07, 6.45) is 2.54. The monoisotopic (exact) mass is 289 g/mol. The molecule has 1 aromatic carbocycles. The van der Waals surface area contributed by atoms with Gasteiger partial charge in [0.05, 0.1) is 11.2 Å². The Morgan fingerprint density at radius 1 is 1.05 bits per heavy atom. The molecule has 0 fully saturated rings. The van der Waals surface area contributed by atoms with Gasteiger partial charge in [0, 0.05) is 0 Å². The molecule has 0 unspecified atom stereocenters. The standard InChI is InChI=1S/C14H11NO4S/c1-10-4-6-11(7-5-10)20(16,17)14-13(19-9-15-14)12-3-2-8-18-12/h2-9H,1H3. The lowest BCUT2D eigenvalue weighted by molar-refractivity contribution is 0.516. The van der Waals surface area contributed by atoms with Gasteiger partial charge in [-0.25, -0.2) is 13.4 Å². The van der Waals surface area contributed by atoms with Crippen LogP contribution < -0.4 is 0 Å². The molecule has 0 radical (unpaired) electrons. The molecule has 20 heavy (non-hydrogen) atoms. The third kappa shape index (κ3) is 2.04. The number of aromatic nitrogens is 1. The highest BCUT2D eigenvalue weighted by atomic mass is 32.2. The zero-order valence-corrected chi connectivity index (χ0v) is 11.4. The molecule has 102 valence electrons. The number of hydrogen-bond acceptors (Lipinski definition) is 5. The van der Waals surface area contributed by atoms with Crippen molar-refractivity contribution < 1.29 is 17.3 Å². The van der Waals surface area contributed by atoms with E-state index < -0.39 is 9.84 Å². The smallest absolute Gasteiger partial charge is 0.227 e. The van der Waals surface area contributed by atoms with Crippen molar-refractivity contribution in [1.29, 1.82) is 0 Å². The second-order valence-electron chi connectivity index (χ2n) is 4.28. The maximum Gasteiger partial charge on any atom is 0.227 e.